The highest BCUT2D eigenvalue weighted by atomic mass is 16.5. The molecule has 0 fully saturated rings. The second-order valence-corrected chi connectivity index (χ2v) is 5.77. The van der Waals surface area contributed by atoms with Gasteiger partial charge in [0.05, 0.1) is 7.11 Å². The Morgan fingerprint density at radius 2 is 1.64 bits per heavy atom. The number of carbonyl (C=O) groups excluding carboxylic acids is 4. The van der Waals surface area contributed by atoms with Crippen molar-refractivity contribution in [2.75, 3.05) is 7.11 Å². The van der Waals surface area contributed by atoms with Crippen LogP contribution in [0.5, 0.6) is 0 Å². The minimum absolute atomic E-state index is 0.0918. The van der Waals surface area contributed by atoms with Crippen molar-refractivity contribution in [3.05, 3.63) is 35.9 Å². The van der Waals surface area contributed by atoms with Crippen LogP contribution in [0, 0.1) is 0 Å². The SMILES string of the molecule is COC(=O)[C@H](CCC(C)=O)NC(=O)[C@H](Cc1ccccc1)NC(C)=O. The summed E-state index contributed by atoms with van der Waals surface area (Å²) in [6.07, 6.45) is 0.572. The number of methoxy groups -OCH3 is 1. The van der Waals surface area contributed by atoms with E-state index in [-0.39, 0.29) is 31.0 Å². The van der Waals surface area contributed by atoms with Gasteiger partial charge in [-0.15, -0.1) is 0 Å². The van der Waals surface area contributed by atoms with Gasteiger partial charge >= 0.3 is 5.97 Å². The van der Waals surface area contributed by atoms with E-state index < -0.39 is 24.0 Å². The van der Waals surface area contributed by atoms with E-state index in [1.807, 2.05) is 30.3 Å². The highest BCUT2D eigenvalue weighted by molar-refractivity contribution is 5.90. The average molecular weight is 348 g/mol. The van der Waals surface area contributed by atoms with Crippen molar-refractivity contribution in [2.45, 2.75) is 45.2 Å². The van der Waals surface area contributed by atoms with E-state index in [1.54, 1.807) is 0 Å². The molecule has 0 bridgehead atoms. The van der Waals surface area contributed by atoms with Crippen LogP contribution >= 0.6 is 0 Å². The average Bonchev–Trinajstić information content (AvgIpc) is 2.57. The Balaban J connectivity index is 2.84. The van der Waals surface area contributed by atoms with Gasteiger partial charge in [0.2, 0.25) is 11.8 Å². The summed E-state index contributed by atoms with van der Waals surface area (Å²) in [5, 5.41) is 5.15. The molecule has 0 unspecified atom stereocenters. The number of nitrogens with one attached hydrogen (secondary N) is 2. The summed E-state index contributed by atoms with van der Waals surface area (Å²) in [5.74, 6) is -1.57. The smallest absolute Gasteiger partial charge is 0.328 e. The van der Waals surface area contributed by atoms with Crippen molar-refractivity contribution in [3.63, 3.8) is 0 Å². The molecule has 0 heterocycles. The highest BCUT2D eigenvalue weighted by Gasteiger charge is 2.27. The van der Waals surface area contributed by atoms with Gasteiger partial charge in [-0.3, -0.25) is 9.59 Å². The number of ether oxygens (including phenoxy) is 1. The maximum atomic E-state index is 12.5. The van der Waals surface area contributed by atoms with E-state index >= 15 is 0 Å². The van der Waals surface area contributed by atoms with Gasteiger partial charge in [-0.25, -0.2) is 4.79 Å². The van der Waals surface area contributed by atoms with Crippen LogP contribution in [-0.2, 0) is 30.3 Å². The predicted octanol–water partition coefficient (Wildman–Crippen LogP) is 0.761. The fraction of sp³-hybridized carbons (Fsp3) is 0.444. The number of esters is 1. The molecule has 0 spiro atoms. The van der Waals surface area contributed by atoms with E-state index in [0.29, 0.717) is 0 Å². The monoisotopic (exact) mass is 348 g/mol. The first kappa shape index (κ1) is 20.3. The predicted molar refractivity (Wildman–Crippen MR) is 91.6 cm³/mol. The Hall–Kier alpha value is -2.70. The van der Waals surface area contributed by atoms with Gasteiger partial charge in [-0.1, -0.05) is 30.3 Å². The number of ketones is 1. The molecule has 1 aromatic carbocycles. The summed E-state index contributed by atoms with van der Waals surface area (Å²) < 4.78 is 4.67. The Kier molecular flexibility index (Phi) is 8.32. The second kappa shape index (κ2) is 10.2. The van der Waals surface area contributed by atoms with Crippen LogP contribution < -0.4 is 10.6 Å². The van der Waals surface area contributed by atoms with Crippen molar-refractivity contribution >= 4 is 23.6 Å². The Morgan fingerprint density at radius 1 is 1.00 bits per heavy atom. The summed E-state index contributed by atoms with van der Waals surface area (Å²) in [4.78, 5) is 46.9. The van der Waals surface area contributed by atoms with Crippen LogP contribution in [0.1, 0.15) is 32.3 Å². The van der Waals surface area contributed by atoms with Crippen LogP contribution in [0.4, 0.5) is 0 Å². The first-order valence-corrected chi connectivity index (χ1v) is 8.02. The molecule has 0 saturated carbocycles. The number of rotatable bonds is 9. The number of Topliss-reactive ketones (excluding diaryl/α,β-unsaturated/α-hetero) is 1. The van der Waals surface area contributed by atoms with Crippen molar-refractivity contribution in [1.29, 1.82) is 0 Å². The van der Waals surface area contributed by atoms with E-state index in [0.717, 1.165) is 5.56 Å². The van der Waals surface area contributed by atoms with Crippen molar-refractivity contribution in [2.24, 2.45) is 0 Å². The van der Waals surface area contributed by atoms with Gasteiger partial charge in [0.25, 0.3) is 0 Å². The lowest BCUT2D eigenvalue weighted by atomic mass is 10.0. The molecule has 0 aliphatic heterocycles. The quantitative estimate of drug-likeness (QED) is 0.642. The molecule has 7 nitrogen and oxygen atoms in total. The number of amides is 2. The zero-order chi connectivity index (χ0) is 18.8. The third kappa shape index (κ3) is 7.60. The first-order valence-electron chi connectivity index (χ1n) is 8.02. The van der Waals surface area contributed by atoms with Gasteiger partial charge in [0.1, 0.15) is 17.9 Å². The molecule has 1 aromatic rings. The molecular weight excluding hydrogens is 324 g/mol. The van der Waals surface area contributed by atoms with E-state index in [1.165, 1.54) is 21.0 Å². The summed E-state index contributed by atoms with van der Waals surface area (Å²) >= 11 is 0. The summed E-state index contributed by atoms with van der Waals surface area (Å²) in [6.45, 7) is 2.73. The number of carbonyl (C=O) groups is 4. The zero-order valence-corrected chi connectivity index (χ0v) is 14.7. The molecule has 136 valence electrons. The fourth-order valence-electron chi connectivity index (χ4n) is 2.32. The van der Waals surface area contributed by atoms with Crippen LogP contribution in [-0.4, -0.2) is 42.8 Å². The largest absolute Gasteiger partial charge is 0.467 e. The van der Waals surface area contributed by atoms with E-state index in [9.17, 15) is 19.2 Å². The number of hydrogen-bond donors (Lipinski definition) is 2. The summed E-state index contributed by atoms with van der Waals surface area (Å²) in [5.41, 5.74) is 0.870. The van der Waals surface area contributed by atoms with Crippen molar-refractivity contribution < 1.29 is 23.9 Å². The lowest BCUT2D eigenvalue weighted by Crippen LogP contribution is -2.52. The van der Waals surface area contributed by atoms with Crippen LogP contribution in [0.3, 0.4) is 0 Å². The third-order valence-electron chi connectivity index (χ3n) is 3.56. The minimum Gasteiger partial charge on any atom is -0.467 e. The topological polar surface area (TPSA) is 102 Å². The Labute approximate surface area is 147 Å². The lowest BCUT2D eigenvalue weighted by Gasteiger charge is -2.21. The second-order valence-electron chi connectivity index (χ2n) is 5.77. The molecule has 2 atom stereocenters. The highest BCUT2D eigenvalue weighted by Crippen LogP contribution is 2.06. The van der Waals surface area contributed by atoms with Gasteiger partial charge in [-0.05, 0) is 18.9 Å². The van der Waals surface area contributed by atoms with Crippen molar-refractivity contribution in [1.82, 2.24) is 10.6 Å². The van der Waals surface area contributed by atoms with Crippen LogP contribution in [0.15, 0.2) is 30.3 Å². The first-order chi connectivity index (χ1) is 11.8. The van der Waals surface area contributed by atoms with E-state index in [2.05, 4.69) is 15.4 Å². The number of hydrogen-bond acceptors (Lipinski definition) is 5. The summed E-state index contributed by atoms with van der Waals surface area (Å²) in [7, 11) is 1.21. The molecule has 2 N–H and O–H groups in total. The maximum absolute atomic E-state index is 12.5. The summed E-state index contributed by atoms with van der Waals surface area (Å²) in [6, 6.07) is 7.44. The van der Waals surface area contributed by atoms with Crippen molar-refractivity contribution in [3.8, 4) is 0 Å². The molecule has 0 radical (unpaired) electrons. The molecular formula is C18H24N2O5. The Bertz CT molecular complexity index is 615. The molecule has 0 aliphatic carbocycles. The fourth-order valence-corrected chi connectivity index (χ4v) is 2.32. The minimum atomic E-state index is -0.937. The van der Waals surface area contributed by atoms with Gasteiger partial charge in [-0.2, -0.15) is 0 Å². The molecule has 1 rings (SSSR count). The molecule has 25 heavy (non-hydrogen) atoms. The van der Waals surface area contributed by atoms with E-state index in [4.69, 9.17) is 0 Å². The normalized spacial score (nSPS) is 12.6. The molecule has 0 saturated heterocycles. The maximum Gasteiger partial charge on any atom is 0.328 e. The third-order valence-corrected chi connectivity index (χ3v) is 3.56. The van der Waals surface area contributed by atoms with Crippen LogP contribution in [0.25, 0.3) is 0 Å². The molecule has 0 aromatic heterocycles. The van der Waals surface area contributed by atoms with Crippen LogP contribution in [0.2, 0.25) is 0 Å². The number of benzene rings is 1. The Morgan fingerprint density at radius 3 is 2.16 bits per heavy atom. The van der Waals surface area contributed by atoms with Gasteiger partial charge in [0, 0.05) is 19.8 Å². The van der Waals surface area contributed by atoms with Gasteiger partial charge in [0.15, 0.2) is 0 Å². The molecule has 7 heteroatoms. The standard InChI is InChI=1S/C18H24N2O5/c1-12(21)9-10-15(18(24)25-3)20-17(23)16(19-13(2)22)11-14-7-5-4-6-8-14/h4-8,15-16H,9-11H2,1-3H3,(H,19,22)(H,20,23)/t15-,16-/m0/s1. The molecule has 0 aliphatic rings. The lowest BCUT2D eigenvalue weighted by molar-refractivity contribution is -0.145. The van der Waals surface area contributed by atoms with Gasteiger partial charge < -0.3 is 20.2 Å². The zero-order valence-electron chi connectivity index (χ0n) is 14.7. The molecule has 2 amide bonds.